The average molecular weight is 337 g/mol. The molecule has 5 atom stereocenters. The van der Waals surface area contributed by atoms with E-state index in [9.17, 15) is 25.2 Å². The number of aliphatic hydroxyl groups is 4. The maximum atomic E-state index is 11.7. The number of ether oxygens (including phenoxy) is 1. The van der Waals surface area contributed by atoms with E-state index in [1.807, 2.05) is 30.3 Å². The molecule has 0 aromatic heterocycles. The fourth-order valence-electron chi connectivity index (χ4n) is 2.71. The second-order valence-electron chi connectivity index (χ2n) is 5.72. The minimum absolute atomic E-state index is 0.138. The first-order valence-corrected chi connectivity index (χ1v) is 7.76. The van der Waals surface area contributed by atoms with Gasteiger partial charge < -0.3 is 30.5 Å². The minimum Gasteiger partial charge on any atom is -0.394 e. The molecule has 1 aliphatic rings. The number of carbonyl (C=O) groups is 1. The van der Waals surface area contributed by atoms with Crippen molar-refractivity contribution >= 4 is 11.5 Å². The molecular weight excluding hydrogens is 314 g/mol. The van der Waals surface area contributed by atoms with Gasteiger partial charge in [0, 0.05) is 19.5 Å². The number of amides is 1. The molecule has 1 saturated heterocycles. The van der Waals surface area contributed by atoms with Gasteiger partial charge in [0.25, 0.3) is 0 Å². The molecule has 0 aliphatic carbocycles. The zero-order chi connectivity index (χ0) is 17.7. The van der Waals surface area contributed by atoms with Crippen LogP contribution < -0.4 is 5.32 Å². The highest BCUT2D eigenvalue weighted by molar-refractivity contribution is 5.95. The van der Waals surface area contributed by atoms with Gasteiger partial charge in [-0.3, -0.25) is 4.79 Å². The standard InChI is InChI=1S/C17H23NO6/c1-18-14(20)8-11(10-5-3-2-4-6-10)7-12-15(21)17(23)16(22)13(9-19)24-12/h2-6,8,12-13,15-17,19,21-23H,7,9H2,1H3,(H,18,20)/b11-8+/t12-,13+,15-,16-,17+/m0/s1. The van der Waals surface area contributed by atoms with Crippen LogP contribution in [0.5, 0.6) is 0 Å². The minimum atomic E-state index is -1.43. The summed E-state index contributed by atoms with van der Waals surface area (Å²) >= 11 is 0. The molecule has 132 valence electrons. The van der Waals surface area contributed by atoms with Crippen LogP contribution in [-0.4, -0.2) is 70.5 Å². The number of carbonyl (C=O) groups excluding carboxylic acids is 1. The Morgan fingerprint density at radius 2 is 1.75 bits per heavy atom. The van der Waals surface area contributed by atoms with E-state index < -0.39 is 37.1 Å². The summed E-state index contributed by atoms with van der Waals surface area (Å²) in [6, 6.07) is 9.12. The predicted molar refractivity (Wildman–Crippen MR) is 86.9 cm³/mol. The van der Waals surface area contributed by atoms with E-state index in [2.05, 4.69) is 5.32 Å². The molecule has 7 heteroatoms. The average Bonchev–Trinajstić information content (AvgIpc) is 2.61. The Balaban J connectivity index is 2.25. The summed E-state index contributed by atoms with van der Waals surface area (Å²) < 4.78 is 5.52. The predicted octanol–water partition coefficient (Wildman–Crippen LogP) is -0.951. The largest absolute Gasteiger partial charge is 0.394 e. The molecule has 1 aromatic rings. The summed E-state index contributed by atoms with van der Waals surface area (Å²) in [5.41, 5.74) is 1.39. The molecule has 0 bridgehead atoms. The fourth-order valence-corrected chi connectivity index (χ4v) is 2.71. The topological polar surface area (TPSA) is 119 Å². The molecule has 1 aromatic carbocycles. The highest BCUT2D eigenvalue weighted by atomic mass is 16.5. The van der Waals surface area contributed by atoms with Gasteiger partial charge in [0.15, 0.2) is 0 Å². The Hall–Kier alpha value is -1.77. The molecule has 5 N–H and O–H groups in total. The molecular formula is C17H23NO6. The van der Waals surface area contributed by atoms with Crippen molar-refractivity contribution in [1.82, 2.24) is 5.32 Å². The van der Waals surface area contributed by atoms with Crippen molar-refractivity contribution in [3.63, 3.8) is 0 Å². The number of likely N-dealkylation sites (N-methyl/N-ethyl adjacent to an activating group) is 1. The van der Waals surface area contributed by atoms with Gasteiger partial charge in [-0.05, 0) is 11.1 Å². The summed E-state index contributed by atoms with van der Waals surface area (Å²) in [7, 11) is 1.51. The van der Waals surface area contributed by atoms with E-state index in [4.69, 9.17) is 4.74 Å². The van der Waals surface area contributed by atoms with Crippen LogP contribution in [0.25, 0.3) is 5.57 Å². The molecule has 0 saturated carbocycles. The normalized spacial score (nSPS) is 30.9. The maximum absolute atomic E-state index is 11.7. The maximum Gasteiger partial charge on any atom is 0.244 e. The van der Waals surface area contributed by atoms with Crippen molar-refractivity contribution in [1.29, 1.82) is 0 Å². The summed E-state index contributed by atoms with van der Waals surface area (Å²) in [4.78, 5) is 11.7. The second kappa shape index (κ2) is 8.36. The highest BCUT2D eigenvalue weighted by Gasteiger charge is 2.43. The van der Waals surface area contributed by atoms with E-state index >= 15 is 0 Å². The lowest BCUT2D eigenvalue weighted by Crippen LogP contribution is -2.58. The second-order valence-corrected chi connectivity index (χ2v) is 5.72. The van der Waals surface area contributed by atoms with Crippen LogP contribution in [0.2, 0.25) is 0 Å². The molecule has 1 heterocycles. The number of aliphatic hydroxyl groups excluding tert-OH is 4. The lowest BCUT2D eigenvalue weighted by molar-refractivity contribution is -0.227. The van der Waals surface area contributed by atoms with Crippen LogP contribution in [0.3, 0.4) is 0 Å². The van der Waals surface area contributed by atoms with E-state index in [0.717, 1.165) is 5.56 Å². The van der Waals surface area contributed by atoms with Gasteiger partial charge in [0.05, 0.1) is 12.7 Å². The third-order valence-corrected chi connectivity index (χ3v) is 4.11. The van der Waals surface area contributed by atoms with E-state index in [0.29, 0.717) is 5.57 Å². The van der Waals surface area contributed by atoms with E-state index in [1.54, 1.807) is 0 Å². The van der Waals surface area contributed by atoms with E-state index in [-0.39, 0.29) is 12.3 Å². The van der Waals surface area contributed by atoms with Crippen LogP contribution in [-0.2, 0) is 9.53 Å². The summed E-state index contributed by atoms with van der Waals surface area (Å²) in [5, 5.41) is 41.7. The zero-order valence-corrected chi connectivity index (χ0v) is 13.4. The van der Waals surface area contributed by atoms with Gasteiger partial charge in [-0.15, -0.1) is 0 Å². The van der Waals surface area contributed by atoms with Gasteiger partial charge in [-0.1, -0.05) is 30.3 Å². The van der Waals surface area contributed by atoms with Gasteiger partial charge in [0.2, 0.25) is 5.91 Å². The highest BCUT2D eigenvalue weighted by Crippen LogP contribution is 2.29. The molecule has 1 aliphatic heterocycles. The van der Waals surface area contributed by atoms with Gasteiger partial charge in [-0.25, -0.2) is 0 Å². The van der Waals surface area contributed by atoms with Gasteiger partial charge in [-0.2, -0.15) is 0 Å². The number of hydrogen-bond donors (Lipinski definition) is 5. The van der Waals surface area contributed by atoms with Gasteiger partial charge in [0.1, 0.15) is 24.4 Å². The van der Waals surface area contributed by atoms with Crippen molar-refractivity contribution < 1.29 is 30.0 Å². The quantitative estimate of drug-likeness (QED) is 0.442. The first-order chi connectivity index (χ1) is 11.5. The number of hydrogen-bond acceptors (Lipinski definition) is 6. The van der Waals surface area contributed by atoms with Crippen molar-refractivity contribution in [2.75, 3.05) is 13.7 Å². The molecule has 0 radical (unpaired) electrons. The molecule has 24 heavy (non-hydrogen) atoms. The van der Waals surface area contributed by atoms with Crippen molar-refractivity contribution in [3.8, 4) is 0 Å². The molecule has 7 nitrogen and oxygen atoms in total. The van der Waals surface area contributed by atoms with E-state index in [1.165, 1.54) is 13.1 Å². The molecule has 1 fully saturated rings. The van der Waals surface area contributed by atoms with Crippen molar-refractivity contribution in [3.05, 3.63) is 42.0 Å². The van der Waals surface area contributed by atoms with Crippen LogP contribution >= 0.6 is 0 Å². The molecule has 0 spiro atoms. The summed E-state index contributed by atoms with van der Waals surface area (Å²) in [5.74, 6) is -0.307. The lowest BCUT2D eigenvalue weighted by Gasteiger charge is -2.40. The Labute approximate surface area is 140 Å². The fraction of sp³-hybridized carbons (Fsp3) is 0.471. The monoisotopic (exact) mass is 337 g/mol. The van der Waals surface area contributed by atoms with Crippen LogP contribution in [0.1, 0.15) is 12.0 Å². The number of nitrogens with one attached hydrogen (secondary N) is 1. The zero-order valence-electron chi connectivity index (χ0n) is 13.4. The molecule has 2 rings (SSSR count). The Morgan fingerprint density at radius 1 is 1.12 bits per heavy atom. The van der Waals surface area contributed by atoms with Crippen LogP contribution in [0, 0.1) is 0 Å². The first-order valence-electron chi connectivity index (χ1n) is 7.76. The molecule has 0 unspecified atom stereocenters. The van der Waals surface area contributed by atoms with Crippen LogP contribution in [0.4, 0.5) is 0 Å². The SMILES string of the molecule is CNC(=O)/C=C(\C[C@@H]1O[C@H](CO)[C@H](O)[C@H](O)[C@H]1O)c1ccccc1. The number of benzene rings is 1. The third kappa shape index (κ3) is 4.19. The van der Waals surface area contributed by atoms with Crippen molar-refractivity contribution in [2.45, 2.75) is 36.9 Å². The Bertz CT molecular complexity index is 574. The smallest absolute Gasteiger partial charge is 0.244 e. The Morgan fingerprint density at radius 3 is 2.33 bits per heavy atom. The van der Waals surface area contributed by atoms with Gasteiger partial charge >= 0.3 is 0 Å². The van der Waals surface area contributed by atoms with Crippen molar-refractivity contribution in [2.24, 2.45) is 0 Å². The lowest BCUT2D eigenvalue weighted by atomic mass is 9.89. The Kier molecular flexibility index (Phi) is 6.47. The first kappa shape index (κ1) is 18.6. The third-order valence-electron chi connectivity index (χ3n) is 4.11. The van der Waals surface area contributed by atoms with Crippen LogP contribution in [0.15, 0.2) is 36.4 Å². The summed E-state index contributed by atoms with van der Waals surface area (Å²) in [6.07, 6.45) is -4.46. The molecule has 1 amide bonds. The summed E-state index contributed by atoms with van der Waals surface area (Å²) in [6.45, 7) is -0.485. The number of rotatable bonds is 5.